The Morgan fingerprint density at radius 3 is 2.16 bits per heavy atom. The number of carbonyl (C=O) groups excluding carboxylic acids is 1. The number of nitro groups is 2. The first-order chi connectivity index (χ1) is 12.0. The number of likely N-dealkylation sites (tertiary alicyclic amines) is 1. The Kier molecular flexibility index (Phi) is 4.42. The number of hydrogen-bond acceptors (Lipinski definition) is 5. The van der Waals surface area contributed by atoms with Crippen molar-refractivity contribution in [1.82, 2.24) is 4.90 Å². The van der Waals surface area contributed by atoms with Crippen LogP contribution in [0.2, 0.25) is 0 Å². The summed E-state index contributed by atoms with van der Waals surface area (Å²) in [6.07, 6.45) is 1.59. The third-order valence-electron chi connectivity index (χ3n) is 4.27. The van der Waals surface area contributed by atoms with Crippen molar-refractivity contribution >= 4 is 17.3 Å². The van der Waals surface area contributed by atoms with Crippen molar-refractivity contribution in [2.75, 3.05) is 6.54 Å². The van der Waals surface area contributed by atoms with Crippen molar-refractivity contribution in [3.8, 4) is 0 Å². The minimum Gasteiger partial charge on any atom is -0.332 e. The van der Waals surface area contributed by atoms with Crippen LogP contribution in [-0.4, -0.2) is 27.2 Å². The lowest BCUT2D eigenvalue weighted by atomic mass is 10.0. The lowest BCUT2D eigenvalue weighted by Crippen LogP contribution is -2.30. The van der Waals surface area contributed by atoms with E-state index in [0.29, 0.717) is 6.54 Å². The summed E-state index contributed by atoms with van der Waals surface area (Å²) in [4.78, 5) is 35.0. The molecule has 1 fully saturated rings. The second-order valence-corrected chi connectivity index (χ2v) is 5.82. The van der Waals surface area contributed by atoms with E-state index in [-0.39, 0.29) is 11.6 Å². The zero-order chi connectivity index (χ0) is 18.0. The smallest absolute Gasteiger partial charge is 0.277 e. The zero-order valence-corrected chi connectivity index (χ0v) is 13.2. The highest BCUT2D eigenvalue weighted by molar-refractivity contribution is 5.96. The molecule has 1 atom stereocenters. The highest BCUT2D eigenvalue weighted by Crippen LogP contribution is 2.34. The molecule has 2 aromatic carbocycles. The van der Waals surface area contributed by atoms with E-state index in [1.165, 1.54) is 0 Å². The van der Waals surface area contributed by atoms with E-state index in [4.69, 9.17) is 0 Å². The summed E-state index contributed by atoms with van der Waals surface area (Å²) in [5.74, 6) is -0.432. The second-order valence-electron chi connectivity index (χ2n) is 5.82. The molecular formula is C17H15N3O5. The minimum atomic E-state index is -0.734. The van der Waals surface area contributed by atoms with Crippen LogP contribution in [0, 0.1) is 20.2 Å². The van der Waals surface area contributed by atoms with Crippen molar-refractivity contribution < 1.29 is 14.6 Å². The molecule has 8 nitrogen and oxygen atoms in total. The molecule has 128 valence electrons. The van der Waals surface area contributed by atoms with Gasteiger partial charge in [-0.2, -0.15) is 0 Å². The van der Waals surface area contributed by atoms with Crippen molar-refractivity contribution in [3.05, 3.63) is 79.9 Å². The number of nitrogens with zero attached hydrogens (tertiary/aromatic N) is 3. The quantitative estimate of drug-likeness (QED) is 0.625. The van der Waals surface area contributed by atoms with Crippen LogP contribution in [0.15, 0.2) is 48.5 Å². The molecule has 0 bridgehead atoms. The highest BCUT2D eigenvalue weighted by atomic mass is 16.6. The van der Waals surface area contributed by atoms with Gasteiger partial charge >= 0.3 is 0 Å². The van der Waals surface area contributed by atoms with Crippen LogP contribution in [-0.2, 0) is 0 Å². The molecule has 0 aliphatic carbocycles. The fourth-order valence-corrected chi connectivity index (χ4v) is 3.13. The topological polar surface area (TPSA) is 107 Å². The maximum atomic E-state index is 12.9. The maximum absolute atomic E-state index is 12.9. The van der Waals surface area contributed by atoms with E-state index in [0.717, 1.165) is 36.6 Å². The number of hydrogen-bond donors (Lipinski definition) is 0. The molecule has 1 aliphatic heterocycles. The number of nitro benzene ring substituents is 2. The van der Waals surface area contributed by atoms with Gasteiger partial charge in [0.15, 0.2) is 0 Å². The van der Waals surface area contributed by atoms with Gasteiger partial charge in [-0.15, -0.1) is 0 Å². The summed E-state index contributed by atoms with van der Waals surface area (Å²) < 4.78 is 0. The Bertz CT molecular complexity index is 805. The van der Waals surface area contributed by atoms with Crippen molar-refractivity contribution in [3.63, 3.8) is 0 Å². The highest BCUT2D eigenvalue weighted by Gasteiger charge is 2.32. The summed E-state index contributed by atoms with van der Waals surface area (Å²) in [7, 11) is 0. The molecule has 1 amide bonds. The number of rotatable bonds is 4. The molecule has 1 unspecified atom stereocenters. The van der Waals surface area contributed by atoms with Gasteiger partial charge in [0.1, 0.15) is 0 Å². The molecule has 8 heteroatoms. The molecule has 0 saturated carbocycles. The molecule has 0 spiro atoms. The predicted octanol–water partition coefficient (Wildman–Crippen LogP) is 3.48. The van der Waals surface area contributed by atoms with Crippen LogP contribution < -0.4 is 0 Å². The fourth-order valence-electron chi connectivity index (χ4n) is 3.13. The molecule has 25 heavy (non-hydrogen) atoms. The molecular weight excluding hydrogens is 326 g/mol. The van der Waals surface area contributed by atoms with Gasteiger partial charge in [0.2, 0.25) is 0 Å². The summed E-state index contributed by atoms with van der Waals surface area (Å²) >= 11 is 0. The first-order valence-corrected chi connectivity index (χ1v) is 7.77. The van der Waals surface area contributed by atoms with E-state index in [1.54, 1.807) is 4.90 Å². The molecule has 1 saturated heterocycles. The number of amides is 1. The van der Waals surface area contributed by atoms with Gasteiger partial charge < -0.3 is 4.90 Å². The van der Waals surface area contributed by atoms with Gasteiger partial charge in [0.05, 0.1) is 27.5 Å². The SMILES string of the molecule is O=C(c1cc([N+](=O)[O-])cc([N+](=O)[O-])c1)N1CCCC1c1ccccc1. The lowest BCUT2D eigenvalue weighted by molar-refractivity contribution is -0.394. The lowest BCUT2D eigenvalue weighted by Gasteiger charge is -2.25. The Morgan fingerprint density at radius 1 is 1.00 bits per heavy atom. The number of non-ortho nitro benzene ring substituents is 2. The Morgan fingerprint density at radius 2 is 1.60 bits per heavy atom. The first kappa shape index (κ1) is 16.6. The van der Waals surface area contributed by atoms with Gasteiger partial charge in [0.25, 0.3) is 17.3 Å². The van der Waals surface area contributed by atoms with Crippen molar-refractivity contribution in [1.29, 1.82) is 0 Å². The minimum absolute atomic E-state index is 0.0382. The molecule has 1 aliphatic rings. The normalized spacial score (nSPS) is 16.6. The molecule has 1 heterocycles. The number of benzene rings is 2. The van der Waals surface area contributed by atoms with Crippen molar-refractivity contribution in [2.24, 2.45) is 0 Å². The van der Waals surface area contributed by atoms with E-state index in [1.807, 2.05) is 30.3 Å². The van der Waals surface area contributed by atoms with Crippen LogP contribution >= 0.6 is 0 Å². The molecule has 2 aromatic rings. The van der Waals surface area contributed by atoms with Gasteiger partial charge in [-0.1, -0.05) is 30.3 Å². The third-order valence-corrected chi connectivity index (χ3v) is 4.27. The average molecular weight is 341 g/mol. The number of carbonyl (C=O) groups is 1. The second kappa shape index (κ2) is 6.68. The summed E-state index contributed by atoms with van der Waals surface area (Å²) in [6, 6.07) is 12.4. The standard InChI is InChI=1S/C17H15N3O5/c21-17(13-9-14(19(22)23)11-15(10-13)20(24)25)18-8-4-7-16(18)12-5-2-1-3-6-12/h1-3,5-6,9-11,16H,4,7-8H2. The monoisotopic (exact) mass is 341 g/mol. The van der Waals surface area contributed by atoms with Crippen molar-refractivity contribution in [2.45, 2.75) is 18.9 Å². The van der Waals surface area contributed by atoms with Gasteiger partial charge in [-0.05, 0) is 18.4 Å². The van der Waals surface area contributed by atoms with E-state index in [9.17, 15) is 25.0 Å². The Balaban J connectivity index is 1.97. The van der Waals surface area contributed by atoms with Crippen LogP contribution in [0.3, 0.4) is 0 Å². The summed E-state index contributed by atoms with van der Waals surface area (Å²) in [5.41, 5.74) is 0.0121. The van der Waals surface area contributed by atoms with Gasteiger partial charge in [0, 0.05) is 18.7 Å². The summed E-state index contributed by atoms with van der Waals surface area (Å²) in [5, 5.41) is 22.0. The van der Waals surface area contributed by atoms with E-state index < -0.39 is 27.1 Å². The zero-order valence-electron chi connectivity index (χ0n) is 13.2. The molecule has 0 N–H and O–H groups in total. The van der Waals surface area contributed by atoms with Gasteiger partial charge in [-0.25, -0.2) is 0 Å². The van der Waals surface area contributed by atoms with E-state index >= 15 is 0 Å². The molecule has 0 aromatic heterocycles. The van der Waals surface area contributed by atoms with E-state index in [2.05, 4.69) is 0 Å². The van der Waals surface area contributed by atoms with Crippen LogP contribution in [0.4, 0.5) is 11.4 Å². The summed E-state index contributed by atoms with van der Waals surface area (Å²) in [6.45, 7) is 0.509. The molecule has 3 rings (SSSR count). The molecule has 0 radical (unpaired) electrons. The van der Waals surface area contributed by atoms with Crippen LogP contribution in [0.1, 0.15) is 34.8 Å². The Hall–Kier alpha value is -3.29. The largest absolute Gasteiger partial charge is 0.332 e. The van der Waals surface area contributed by atoms with Crippen LogP contribution in [0.25, 0.3) is 0 Å². The van der Waals surface area contributed by atoms with Gasteiger partial charge in [-0.3, -0.25) is 25.0 Å². The first-order valence-electron chi connectivity index (χ1n) is 7.77. The maximum Gasteiger partial charge on any atom is 0.277 e. The average Bonchev–Trinajstić information content (AvgIpc) is 3.11. The third kappa shape index (κ3) is 3.32. The predicted molar refractivity (Wildman–Crippen MR) is 89.2 cm³/mol. The van der Waals surface area contributed by atoms with Crippen LogP contribution in [0.5, 0.6) is 0 Å². The fraction of sp³-hybridized carbons (Fsp3) is 0.235. The Labute approximate surface area is 143 Å².